The molecule has 1 aromatic heterocycles. The van der Waals surface area contributed by atoms with Gasteiger partial charge in [-0.2, -0.15) is 4.80 Å². The van der Waals surface area contributed by atoms with Gasteiger partial charge in [-0.1, -0.05) is 13.8 Å². The highest BCUT2D eigenvalue weighted by molar-refractivity contribution is 4.77. The number of rotatable bonds is 5. The van der Waals surface area contributed by atoms with Crippen LogP contribution >= 0.6 is 0 Å². The van der Waals surface area contributed by atoms with E-state index >= 15 is 0 Å². The Balaban J connectivity index is 2.33. The van der Waals surface area contributed by atoms with Gasteiger partial charge in [0.15, 0.2) is 5.82 Å². The molecule has 0 unspecified atom stereocenters. The highest BCUT2D eigenvalue weighted by Crippen LogP contribution is 1.97. The summed E-state index contributed by atoms with van der Waals surface area (Å²) in [6, 6.07) is 0.559. The van der Waals surface area contributed by atoms with Crippen molar-refractivity contribution >= 4 is 0 Å². The molecule has 0 aromatic carbocycles. The van der Waals surface area contributed by atoms with E-state index in [4.69, 9.17) is 0 Å². The van der Waals surface area contributed by atoms with E-state index < -0.39 is 0 Å². The summed E-state index contributed by atoms with van der Waals surface area (Å²) < 4.78 is 0. The predicted octanol–water partition coefficient (Wildman–Crippen LogP) is 0.488. The topological polar surface area (TPSA) is 55.6 Å². The molecule has 1 aromatic rings. The molecular formula is C8H17N5. The Morgan fingerprint density at radius 2 is 2.08 bits per heavy atom. The molecule has 0 aliphatic rings. The zero-order valence-electron chi connectivity index (χ0n) is 8.49. The molecule has 74 valence electrons. The Kier molecular flexibility index (Phi) is 3.82. The lowest BCUT2D eigenvalue weighted by molar-refractivity contribution is 0.475. The van der Waals surface area contributed by atoms with Crippen molar-refractivity contribution < 1.29 is 0 Å². The van der Waals surface area contributed by atoms with Crippen molar-refractivity contribution in [3.8, 4) is 0 Å². The van der Waals surface area contributed by atoms with Crippen LogP contribution in [0, 0.1) is 0 Å². The number of tetrazole rings is 1. The first kappa shape index (κ1) is 10.1. The number of nitrogens with zero attached hydrogens (tertiary/aromatic N) is 4. The van der Waals surface area contributed by atoms with Crippen LogP contribution in [0.1, 0.15) is 32.5 Å². The largest absolute Gasteiger partial charge is 0.307 e. The fourth-order valence-electron chi connectivity index (χ4n) is 1.21. The van der Waals surface area contributed by atoms with Crippen LogP contribution in [-0.4, -0.2) is 26.2 Å². The Bertz CT molecular complexity index is 240. The van der Waals surface area contributed by atoms with Crippen molar-refractivity contribution in [3.63, 3.8) is 0 Å². The Morgan fingerprint density at radius 3 is 2.54 bits per heavy atom. The molecule has 1 rings (SSSR count). The molecule has 0 amide bonds. The van der Waals surface area contributed by atoms with Gasteiger partial charge in [-0.05, 0) is 18.1 Å². The van der Waals surface area contributed by atoms with Gasteiger partial charge < -0.3 is 5.32 Å². The average Bonchev–Trinajstić information content (AvgIpc) is 2.53. The summed E-state index contributed by atoms with van der Waals surface area (Å²) in [4.78, 5) is 1.48. The van der Waals surface area contributed by atoms with E-state index in [1.54, 1.807) is 7.05 Å². The van der Waals surface area contributed by atoms with Crippen LogP contribution in [0.25, 0.3) is 0 Å². The molecule has 13 heavy (non-hydrogen) atoms. The summed E-state index contributed by atoms with van der Waals surface area (Å²) in [5.74, 6) is 0.759. The molecule has 0 atom stereocenters. The van der Waals surface area contributed by atoms with E-state index in [1.165, 1.54) is 4.80 Å². The SMILES string of the molecule is CCC(CC)NCc1nnn(C)n1. The van der Waals surface area contributed by atoms with E-state index in [9.17, 15) is 0 Å². The maximum atomic E-state index is 4.08. The molecule has 0 radical (unpaired) electrons. The molecular weight excluding hydrogens is 166 g/mol. The Morgan fingerprint density at radius 1 is 1.38 bits per heavy atom. The second-order valence-electron chi connectivity index (χ2n) is 3.09. The number of aryl methyl sites for hydroxylation is 1. The third-order valence-corrected chi connectivity index (χ3v) is 2.08. The number of hydrogen-bond acceptors (Lipinski definition) is 4. The number of nitrogens with one attached hydrogen (secondary N) is 1. The van der Waals surface area contributed by atoms with Crippen molar-refractivity contribution in [3.05, 3.63) is 5.82 Å². The summed E-state index contributed by atoms with van der Waals surface area (Å²) >= 11 is 0. The van der Waals surface area contributed by atoms with E-state index in [0.29, 0.717) is 12.6 Å². The zero-order chi connectivity index (χ0) is 9.68. The molecule has 0 bridgehead atoms. The quantitative estimate of drug-likeness (QED) is 0.721. The normalized spacial score (nSPS) is 11.1. The maximum absolute atomic E-state index is 4.08. The Hall–Kier alpha value is -0.970. The standard InChI is InChI=1S/C8H17N5/c1-4-7(5-2)9-6-8-10-12-13(3)11-8/h7,9H,4-6H2,1-3H3. The number of aromatic nitrogens is 4. The van der Waals surface area contributed by atoms with Gasteiger partial charge in [-0.3, -0.25) is 0 Å². The van der Waals surface area contributed by atoms with Crippen LogP contribution in [0.5, 0.6) is 0 Å². The van der Waals surface area contributed by atoms with Gasteiger partial charge in [-0.15, -0.1) is 10.2 Å². The smallest absolute Gasteiger partial charge is 0.188 e. The molecule has 5 heteroatoms. The van der Waals surface area contributed by atoms with Gasteiger partial charge >= 0.3 is 0 Å². The summed E-state index contributed by atoms with van der Waals surface area (Å²) in [6.07, 6.45) is 2.27. The van der Waals surface area contributed by atoms with Crippen molar-refractivity contribution in [2.24, 2.45) is 7.05 Å². The van der Waals surface area contributed by atoms with Crippen molar-refractivity contribution in [2.45, 2.75) is 39.3 Å². The minimum atomic E-state index is 0.559. The van der Waals surface area contributed by atoms with Crippen LogP contribution in [0.3, 0.4) is 0 Å². The molecule has 0 saturated heterocycles. The second-order valence-corrected chi connectivity index (χ2v) is 3.09. The summed E-state index contributed by atoms with van der Waals surface area (Å²) in [5.41, 5.74) is 0. The molecule has 0 aliphatic carbocycles. The van der Waals surface area contributed by atoms with Crippen molar-refractivity contribution in [2.75, 3.05) is 0 Å². The van der Waals surface area contributed by atoms with E-state index in [-0.39, 0.29) is 0 Å². The van der Waals surface area contributed by atoms with Gasteiger partial charge in [0.05, 0.1) is 13.6 Å². The minimum absolute atomic E-state index is 0.559. The molecule has 1 N–H and O–H groups in total. The fraction of sp³-hybridized carbons (Fsp3) is 0.875. The first-order chi connectivity index (χ1) is 6.26. The molecule has 0 fully saturated rings. The van der Waals surface area contributed by atoms with Gasteiger partial charge in [0.1, 0.15) is 0 Å². The average molecular weight is 183 g/mol. The minimum Gasteiger partial charge on any atom is -0.307 e. The molecule has 0 spiro atoms. The van der Waals surface area contributed by atoms with Crippen LogP contribution in [0.4, 0.5) is 0 Å². The van der Waals surface area contributed by atoms with Crippen LogP contribution in [0.15, 0.2) is 0 Å². The Labute approximate surface area is 78.5 Å². The van der Waals surface area contributed by atoms with Gasteiger partial charge in [0, 0.05) is 6.04 Å². The van der Waals surface area contributed by atoms with E-state index in [1.807, 2.05) is 0 Å². The molecule has 1 heterocycles. The monoisotopic (exact) mass is 183 g/mol. The third kappa shape index (κ3) is 3.10. The van der Waals surface area contributed by atoms with Gasteiger partial charge in [0.25, 0.3) is 0 Å². The lowest BCUT2D eigenvalue weighted by Gasteiger charge is -2.12. The lowest BCUT2D eigenvalue weighted by Crippen LogP contribution is -2.27. The van der Waals surface area contributed by atoms with Crippen molar-refractivity contribution in [1.82, 2.24) is 25.5 Å². The summed E-state index contributed by atoms with van der Waals surface area (Å²) in [5, 5.41) is 15.1. The highest BCUT2D eigenvalue weighted by atomic mass is 15.6. The van der Waals surface area contributed by atoms with Crippen LogP contribution < -0.4 is 5.32 Å². The second kappa shape index (κ2) is 4.91. The fourth-order valence-corrected chi connectivity index (χ4v) is 1.21. The van der Waals surface area contributed by atoms with Gasteiger partial charge in [-0.25, -0.2) is 0 Å². The predicted molar refractivity (Wildman–Crippen MR) is 50.0 cm³/mol. The maximum Gasteiger partial charge on any atom is 0.188 e. The van der Waals surface area contributed by atoms with E-state index in [0.717, 1.165) is 18.7 Å². The van der Waals surface area contributed by atoms with E-state index in [2.05, 4.69) is 34.6 Å². The zero-order valence-corrected chi connectivity index (χ0v) is 8.49. The summed E-state index contributed by atoms with van der Waals surface area (Å²) in [7, 11) is 1.77. The van der Waals surface area contributed by atoms with Crippen LogP contribution in [0.2, 0.25) is 0 Å². The summed E-state index contributed by atoms with van der Waals surface area (Å²) in [6.45, 7) is 5.05. The molecule has 5 nitrogen and oxygen atoms in total. The molecule has 0 aliphatic heterocycles. The van der Waals surface area contributed by atoms with Gasteiger partial charge in [0.2, 0.25) is 0 Å². The van der Waals surface area contributed by atoms with Crippen molar-refractivity contribution in [1.29, 1.82) is 0 Å². The lowest BCUT2D eigenvalue weighted by atomic mass is 10.2. The number of hydrogen-bond donors (Lipinski definition) is 1. The van der Waals surface area contributed by atoms with Crippen LogP contribution in [-0.2, 0) is 13.6 Å². The first-order valence-corrected chi connectivity index (χ1v) is 4.72. The highest BCUT2D eigenvalue weighted by Gasteiger charge is 2.04. The third-order valence-electron chi connectivity index (χ3n) is 2.08. The first-order valence-electron chi connectivity index (χ1n) is 4.72. The molecule has 0 saturated carbocycles.